The summed E-state index contributed by atoms with van der Waals surface area (Å²) < 4.78 is 0.438. The van der Waals surface area contributed by atoms with Crippen molar-refractivity contribution in [1.29, 1.82) is 0 Å². The molecule has 0 saturated heterocycles. The molecule has 0 rings (SSSR count). The lowest BCUT2D eigenvalue weighted by Crippen LogP contribution is -1.76. The normalized spacial score (nSPS) is 10.1. The average Bonchev–Trinajstić information content (AvgIpc) is 1.61. The van der Waals surface area contributed by atoms with Gasteiger partial charge in [-0.05, 0) is 0 Å². The van der Waals surface area contributed by atoms with E-state index in [9.17, 15) is 0 Å². The molecule has 0 aromatic carbocycles. The summed E-state index contributed by atoms with van der Waals surface area (Å²) in [6.45, 7) is 2.14. The number of halogens is 2. The maximum absolute atomic E-state index is 5.32. The summed E-state index contributed by atoms with van der Waals surface area (Å²) in [7, 11) is -0.0517. The molecule has 0 N–H and O–H groups in total. The molecular weight excluding hydrogens is 147 g/mol. The van der Waals surface area contributed by atoms with E-state index in [-0.39, 0.29) is 9.52 Å². The topological polar surface area (TPSA) is 0 Å². The molecule has 0 heterocycles. The molecular formula is C4H8Cl2Si. The van der Waals surface area contributed by atoms with Crippen LogP contribution in [0.4, 0.5) is 0 Å². The zero-order valence-corrected chi connectivity index (χ0v) is 7.17. The van der Waals surface area contributed by atoms with Gasteiger partial charge in [0.1, 0.15) is 0 Å². The molecule has 0 aliphatic heterocycles. The summed E-state index contributed by atoms with van der Waals surface area (Å²) >= 11 is 10.6. The van der Waals surface area contributed by atoms with Gasteiger partial charge in [-0.15, -0.1) is 0 Å². The maximum atomic E-state index is 5.32. The van der Waals surface area contributed by atoms with Crippen molar-refractivity contribution >= 4 is 32.7 Å². The minimum Gasteiger partial charge on any atom is -0.0719 e. The van der Waals surface area contributed by atoms with E-state index in [1.54, 1.807) is 0 Å². The van der Waals surface area contributed by atoms with E-state index in [1.165, 1.54) is 6.04 Å². The van der Waals surface area contributed by atoms with E-state index >= 15 is 0 Å². The van der Waals surface area contributed by atoms with Gasteiger partial charge in [-0.25, -0.2) is 0 Å². The second-order valence-electron chi connectivity index (χ2n) is 1.28. The molecule has 0 spiro atoms. The SMILES string of the molecule is CC[SiH2]C=C(Cl)Cl. The first-order chi connectivity index (χ1) is 3.27. The molecule has 0 atom stereocenters. The number of hydrogen-bond acceptors (Lipinski definition) is 0. The second kappa shape index (κ2) is 4.69. The Hall–Kier alpha value is 0.537. The second-order valence-corrected chi connectivity index (χ2v) is 4.28. The van der Waals surface area contributed by atoms with Crippen molar-refractivity contribution in [3.63, 3.8) is 0 Å². The van der Waals surface area contributed by atoms with Crippen LogP contribution in [-0.2, 0) is 0 Å². The smallest absolute Gasteiger partial charge is 0.0719 e. The Labute approximate surface area is 56.3 Å². The Morgan fingerprint density at radius 3 is 2.43 bits per heavy atom. The lowest BCUT2D eigenvalue weighted by Gasteiger charge is -1.79. The van der Waals surface area contributed by atoms with E-state index in [1.807, 2.05) is 5.70 Å². The zero-order valence-electron chi connectivity index (χ0n) is 4.25. The first-order valence-electron chi connectivity index (χ1n) is 2.28. The van der Waals surface area contributed by atoms with Crippen LogP contribution in [0.3, 0.4) is 0 Å². The van der Waals surface area contributed by atoms with Crippen molar-refractivity contribution in [3.05, 3.63) is 10.2 Å². The van der Waals surface area contributed by atoms with E-state index in [0.717, 1.165) is 0 Å². The molecule has 0 saturated carbocycles. The molecule has 0 aliphatic rings. The van der Waals surface area contributed by atoms with Gasteiger partial charge in [0.15, 0.2) is 0 Å². The molecule has 0 bridgehead atoms. The van der Waals surface area contributed by atoms with E-state index in [2.05, 4.69) is 6.92 Å². The Kier molecular flexibility index (Phi) is 5.05. The van der Waals surface area contributed by atoms with Gasteiger partial charge in [-0.2, -0.15) is 0 Å². The third kappa shape index (κ3) is 6.54. The Morgan fingerprint density at radius 1 is 1.71 bits per heavy atom. The lowest BCUT2D eigenvalue weighted by molar-refractivity contribution is 1.46. The van der Waals surface area contributed by atoms with Gasteiger partial charge in [0.25, 0.3) is 0 Å². The van der Waals surface area contributed by atoms with Crippen LogP contribution in [-0.4, -0.2) is 9.52 Å². The van der Waals surface area contributed by atoms with Crippen molar-refractivity contribution in [1.82, 2.24) is 0 Å². The van der Waals surface area contributed by atoms with Crippen molar-refractivity contribution in [2.75, 3.05) is 0 Å². The first kappa shape index (κ1) is 7.54. The third-order valence-electron chi connectivity index (χ3n) is 0.587. The minimum absolute atomic E-state index is 0.0517. The van der Waals surface area contributed by atoms with E-state index < -0.39 is 0 Å². The molecule has 3 heteroatoms. The Bertz CT molecular complexity index is 66.1. The fourth-order valence-corrected chi connectivity index (χ4v) is 1.41. The summed E-state index contributed by atoms with van der Waals surface area (Å²) in [5, 5.41) is 0. The number of hydrogen-bond donors (Lipinski definition) is 0. The third-order valence-corrected chi connectivity index (χ3v) is 2.69. The van der Waals surface area contributed by atoms with Crippen molar-refractivity contribution in [2.24, 2.45) is 0 Å². The monoisotopic (exact) mass is 154 g/mol. The van der Waals surface area contributed by atoms with Crippen LogP contribution in [0, 0.1) is 0 Å². The molecule has 0 nitrogen and oxygen atoms in total. The summed E-state index contributed by atoms with van der Waals surface area (Å²) in [5.41, 5.74) is 1.93. The fraction of sp³-hybridized carbons (Fsp3) is 0.500. The van der Waals surface area contributed by atoms with Crippen LogP contribution in [0.5, 0.6) is 0 Å². The van der Waals surface area contributed by atoms with Gasteiger partial charge in [0, 0.05) is 9.52 Å². The van der Waals surface area contributed by atoms with Crippen LogP contribution in [0.2, 0.25) is 6.04 Å². The molecule has 0 fully saturated rings. The molecule has 0 amide bonds. The summed E-state index contributed by atoms with van der Waals surface area (Å²) in [5.74, 6) is 0. The molecule has 0 aromatic rings. The molecule has 0 radical (unpaired) electrons. The highest BCUT2D eigenvalue weighted by Gasteiger charge is 1.79. The first-order valence-corrected chi connectivity index (χ1v) is 4.85. The highest BCUT2D eigenvalue weighted by molar-refractivity contribution is 6.60. The van der Waals surface area contributed by atoms with E-state index in [4.69, 9.17) is 23.2 Å². The van der Waals surface area contributed by atoms with Crippen molar-refractivity contribution in [3.8, 4) is 0 Å². The molecule has 7 heavy (non-hydrogen) atoms. The summed E-state index contributed by atoms with van der Waals surface area (Å²) in [6, 6.07) is 1.24. The van der Waals surface area contributed by atoms with Gasteiger partial charge in [0.05, 0.1) is 4.49 Å². The predicted molar refractivity (Wildman–Crippen MR) is 38.8 cm³/mol. The van der Waals surface area contributed by atoms with Gasteiger partial charge in [-0.1, -0.05) is 41.9 Å². The van der Waals surface area contributed by atoms with Gasteiger partial charge < -0.3 is 0 Å². The van der Waals surface area contributed by atoms with Gasteiger partial charge in [-0.3, -0.25) is 0 Å². The van der Waals surface area contributed by atoms with Crippen LogP contribution < -0.4 is 0 Å². The fourth-order valence-electron chi connectivity index (χ4n) is 0.253. The maximum Gasteiger partial charge on any atom is 0.0980 e. The van der Waals surface area contributed by atoms with Crippen LogP contribution >= 0.6 is 23.2 Å². The van der Waals surface area contributed by atoms with E-state index in [0.29, 0.717) is 4.49 Å². The van der Waals surface area contributed by atoms with Crippen LogP contribution in [0.15, 0.2) is 10.2 Å². The molecule has 0 aromatic heterocycles. The quantitative estimate of drug-likeness (QED) is 0.534. The molecule has 0 unspecified atom stereocenters. The van der Waals surface area contributed by atoms with Gasteiger partial charge in [0.2, 0.25) is 0 Å². The highest BCUT2D eigenvalue weighted by Crippen LogP contribution is 2.04. The van der Waals surface area contributed by atoms with Crippen LogP contribution in [0.25, 0.3) is 0 Å². The largest absolute Gasteiger partial charge is 0.0980 e. The highest BCUT2D eigenvalue weighted by atomic mass is 35.5. The number of rotatable bonds is 2. The lowest BCUT2D eigenvalue weighted by atomic mass is 11.0. The van der Waals surface area contributed by atoms with Gasteiger partial charge >= 0.3 is 0 Å². The molecule has 42 valence electrons. The average molecular weight is 155 g/mol. The summed E-state index contributed by atoms with van der Waals surface area (Å²) in [4.78, 5) is 0. The predicted octanol–water partition coefficient (Wildman–Crippen LogP) is 1.87. The zero-order chi connectivity index (χ0) is 5.70. The van der Waals surface area contributed by atoms with Crippen molar-refractivity contribution in [2.45, 2.75) is 13.0 Å². The van der Waals surface area contributed by atoms with Crippen molar-refractivity contribution < 1.29 is 0 Å². The Balaban J connectivity index is 3.08. The summed E-state index contributed by atoms with van der Waals surface area (Å²) in [6.07, 6.45) is 0. The molecule has 0 aliphatic carbocycles. The minimum atomic E-state index is -0.0517. The Morgan fingerprint density at radius 2 is 2.29 bits per heavy atom. The van der Waals surface area contributed by atoms with Crippen LogP contribution in [0.1, 0.15) is 6.92 Å². The standard InChI is InChI=1S/C4H8Cl2Si/c1-2-7-3-4(5)6/h3H,2,7H2,1H3.